The Balaban J connectivity index is 1.50. The molecule has 0 saturated carbocycles. The average molecular weight is 483 g/mol. The Morgan fingerprint density at radius 1 is 0.972 bits per heavy atom. The Labute approximate surface area is 206 Å². The summed E-state index contributed by atoms with van der Waals surface area (Å²) in [6.45, 7) is 1.79. The van der Waals surface area contributed by atoms with Gasteiger partial charge in [-0.25, -0.2) is 4.79 Å². The number of hydrogen-bond acceptors (Lipinski definition) is 8. The minimum Gasteiger partial charge on any atom is -0.493 e. The predicted octanol–water partition coefficient (Wildman–Crippen LogP) is 3.83. The zero-order chi connectivity index (χ0) is 25.1. The number of fused-ring (bicyclic) bond motifs is 1. The molecule has 1 aliphatic rings. The summed E-state index contributed by atoms with van der Waals surface area (Å²) >= 11 is 0. The molecule has 10 heteroatoms. The van der Waals surface area contributed by atoms with Gasteiger partial charge in [0.2, 0.25) is 5.95 Å². The summed E-state index contributed by atoms with van der Waals surface area (Å²) < 4.78 is 12.6. The van der Waals surface area contributed by atoms with E-state index in [0.29, 0.717) is 39.8 Å². The lowest BCUT2D eigenvalue weighted by Crippen LogP contribution is -2.31. The van der Waals surface area contributed by atoms with Crippen LogP contribution in [0, 0.1) is 0 Å². The van der Waals surface area contributed by atoms with E-state index in [1.165, 1.54) is 11.8 Å². The van der Waals surface area contributed by atoms with Gasteiger partial charge >= 0.3 is 5.97 Å². The molecule has 10 nitrogen and oxygen atoms in total. The van der Waals surface area contributed by atoms with E-state index in [0.717, 1.165) is 0 Å². The first-order chi connectivity index (χ1) is 17.5. The minimum atomic E-state index is -0.660. The van der Waals surface area contributed by atoms with Crippen LogP contribution in [0.2, 0.25) is 0 Å². The van der Waals surface area contributed by atoms with Crippen LogP contribution in [0.5, 0.6) is 11.5 Å². The van der Waals surface area contributed by atoms with E-state index >= 15 is 0 Å². The number of hydrogen-bond donors (Lipinski definition) is 2. The summed E-state index contributed by atoms with van der Waals surface area (Å²) in [5.74, 6) is 0.149. The van der Waals surface area contributed by atoms with Crippen molar-refractivity contribution >= 4 is 23.5 Å². The van der Waals surface area contributed by atoms with Gasteiger partial charge in [-0.15, -0.1) is 0 Å². The van der Waals surface area contributed by atoms with Crippen molar-refractivity contribution in [1.29, 1.82) is 0 Å². The summed E-state index contributed by atoms with van der Waals surface area (Å²) in [5, 5.41) is 17.9. The topological polar surface area (TPSA) is 120 Å². The standard InChI is InChI=1S/C26H22N6O4/c1-16-22(24(33)28-19-11-7-4-8-12-19)23(32-26(27-16)29-30-31-32)18-13-14-20(21(15-18)35-2)36-25(34)17-9-5-3-6-10-17/h3-15,23H,1-2H3,(H,28,33)(H,27,29,31)/t23-/m0/s1. The number of ether oxygens (including phenoxy) is 2. The number of tetrazole rings is 1. The quantitative estimate of drug-likeness (QED) is 0.314. The van der Waals surface area contributed by atoms with Gasteiger partial charge in [-0.1, -0.05) is 47.6 Å². The zero-order valence-corrected chi connectivity index (χ0v) is 19.5. The maximum Gasteiger partial charge on any atom is 0.343 e. The maximum atomic E-state index is 13.4. The lowest BCUT2D eigenvalue weighted by Gasteiger charge is -2.28. The van der Waals surface area contributed by atoms with Crippen LogP contribution in [0.4, 0.5) is 11.6 Å². The second-order valence-electron chi connectivity index (χ2n) is 8.00. The number of allylic oxidation sites excluding steroid dienone is 1. The third-order valence-corrected chi connectivity index (χ3v) is 5.71. The molecule has 1 amide bonds. The lowest BCUT2D eigenvalue weighted by molar-refractivity contribution is -0.113. The lowest BCUT2D eigenvalue weighted by atomic mass is 9.94. The molecule has 0 radical (unpaired) electrons. The first-order valence-electron chi connectivity index (χ1n) is 11.1. The number of benzene rings is 3. The molecule has 0 aliphatic carbocycles. The van der Waals surface area contributed by atoms with Gasteiger partial charge in [-0.2, -0.15) is 4.68 Å². The van der Waals surface area contributed by atoms with E-state index in [2.05, 4.69) is 26.2 Å². The van der Waals surface area contributed by atoms with Crippen LogP contribution in [-0.4, -0.2) is 39.2 Å². The first kappa shape index (κ1) is 22.8. The predicted molar refractivity (Wildman–Crippen MR) is 132 cm³/mol. The number of anilines is 2. The van der Waals surface area contributed by atoms with Crippen molar-refractivity contribution in [2.75, 3.05) is 17.7 Å². The van der Waals surface area contributed by atoms with Gasteiger partial charge in [0.05, 0.1) is 18.2 Å². The molecule has 1 atom stereocenters. The molecule has 5 rings (SSSR count). The molecule has 1 aliphatic heterocycles. The Hall–Kier alpha value is -4.99. The summed E-state index contributed by atoms with van der Waals surface area (Å²) in [6, 6.07) is 22.3. The van der Waals surface area contributed by atoms with E-state index < -0.39 is 12.0 Å². The van der Waals surface area contributed by atoms with Gasteiger partial charge in [0.1, 0.15) is 6.04 Å². The molecule has 180 valence electrons. The molecule has 0 unspecified atom stereocenters. The van der Waals surface area contributed by atoms with Gasteiger partial charge in [0, 0.05) is 11.4 Å². The van der Waals surface area contributed by atoms with E-state index in [-0.39, 0.29) is 11.7 Å². The van der Waals surface area contributed by atoms with E-state index in [9.17, 15) is 9.59 Å². The minimum absolute atomic E-state index is 0.247. The Kier molecular flexibility index (Phi) is 6.14. The molecule has 36 heavy (non-hydrogen) atoms. The summed E-state index contributed by atoms with van der Waals surface area (Å²) in [5.41, 5.74) is 2.77. The van der Waals surface area contributed by atoms with Gasteiger partial charge < -0.3 is 20.1 Å². The number of nitrogens with zero attached hydrogens (tertiary/aromatic N) is 4. The summed E-state index contributed by atoms with van der Waals surface area (Å²) in [7, 11) is 1.48. The van der Waals surface area contributed by atoms with Crippen molar-refractivity contribution in [3.63, 3.8) is 0 Å². The van der Waals surface area contributed by atoms with Gasteiger partial charge in [-0.05, 0) is 59.3 Å². The van der Waals surface area contributed by atoms with E-state index in [1.54, 1.807) is 61.5 Å². The number of rotatable bonds is 6. The van der Waals surface area contributed by atoms with Crippen LogP contribution in [0.25, 0.3) is 0 Å². The van der Waals surface area contributed by atoms with Crippen LogP contribution in [0.3, 0.4) is 0 Å². The van der Waals surface area contributed by atoms with Crippen LogP contribution in [-0.2, 0) is 4.79 Å². The van der Waals surface area contributed by atoms with Crippen LogP contribution >= 0.6 is 0 Å². The second kappa shape index (κ2) is 9.71. The van der Waals surface area contributed by atoms with E-state index in [4.69, 9.17) is 9.47 Å². The van der Waals surface area contributed by atoms with Crippen LogP contribution in [0.15, 0.2) is 90.1 Å². The van der Waals surface area contributed by atoms with Crippen molar-refractivity contribution in [2.45, 2.75) is 13.0 Å². The molecule has 2 N–H and O–H groups in total. The molecule has 0 saturated heterocycles. The third-order valence-electron chi connectivity index (χ3n) is 5.71. The number of carbonyl (C=O) groups excluding carboxylic acids is 2. The molecular weight excluding hydrogens is 460 g/mol. The molecule has 0 bridgehead atoms. The summed E-state index contributed by atoms with van der Waals surface area (Å²) in [6.07, 6.45) is 0. The monoisotopic (exact) mass is 482 g/mol. The Morgan fingerprint density at radius 2 is 1.69 bits per heavy atom. The zero-order valence-electron chi connectivity index (χ0n) is 19.5. The molecule has 0 spiro atoms. The molecule has 2 heterocycles. The van der Waals surface area contributed by atoms with Gasteiger partial charge in [0.25, 0.3) is 5.91 Å². The molecular formula is C26H22N6O4. The molecule has 3 aromatic carbocycles. The number of methoxy groups -OCH3 is 1. The smallest absolute Gasteiger partial charge is 0.343 e. The largest absolute Gasteiger partial charge is 0.493 e. The number of nitrogens with one attached hydrogen (secondary N) is 2. The number of aromatic nitrogens is 4. The first-order valence-corrected chi connectivity index (χ1v) is 11.1. The number of amides is 1. The molecule has 4 aromatic rings. The fourth-order valence-electron chi connectivity index (χ4n) is 4.01. The number of para-hydroxylation sites is 1. The highest BCUT2D eigenvalue weighted by molar-refractivity contribution is 6.06. The van der Waals surface area contributed by atoms with Crippen molar-refractivity contribution < 1.29 is 19.1 Å². The van der Waals surface area contributed by atoms with Crippen molar-refractivity contribution in [1.82, 2.24) is 20.2 Å². The van der Waals surface area contributed by atoms with Crippen molar-refractivity contribution in [2.24, 2.45) is 0 Å². The SMILES string of the molecule is COc1cc([C@H]2C(C(=O)Nc3ccccc3)=C(C)Nc3nnnn32)ccc1OC(=O)c1ccccc1. The second-order valence-corrected chi connectivity index (χ2v) is 8.00. The average Bonchev–Trinajstić information content (AvgIpc) is 3.37. The van der Waals surface area contributed by atoms with Crippen molar-refractivity contribution in [3.05, 3.63) is 101 Å². The third kappa shape index (κ3) is 4.39. The van der Waals surface area contributed by atoms with Crippen LogP contribution < -0.4 is 20.1 Å². The highest BCUT2D eigenvalue weighted by atomic mass is 16.6. The number of carbonyl (C=O) groups is 2. The fourth-order valence-corrected chi connectivity index (χ4v) is 4.01. The van der Waals surface area contributed by atoms with Crippen LogP contribution in [0.1, 0.15) is 28.9 Å². The Morgan fingerprint density at radius 3 is 2.42 bits per heavy atom. The normalized spacial score (nSPS) is 14.4. The Bertz CT molecular complexity index is 1450. The molecule has 0 fully saturated rings. The van der Waals surface area contributed by atoms with E-state index in [1.807, 2.05) is 24.3 Å². The van der Waals surface area contributed by atoms with Gasteiger partial charge in [0.15, 0.2) is 11.5 Å². The highest BCUT2D eigenvalue weighted by Gasteiger charge is 2.34. The fraction of sp³-hybridized carbons (Fsp3) is 0.115. The maximum absolute atomic E-state index is 13.4. The molecule has 1 aromatic heterocycles. The van der Waals surface area contributed by atoms with Gasteiger partial charge in [-0.3, -0.25) is 4.79 Å². The number of esters is 1. The summed E-state index contributed by atoms with van der Waals surface area (Å²) in [4.78, 5) is 26.0. The highest BCUT2D eigenvalue weighted by Crippen LogP contribution is 2.38. The van der Waals surface area contributed by atoms with Crippen molar-refractivity contribution in [3.8, 4) is 11.5 Å².